The Morgan fingerprint density at radius 2 is 1.82 bits per heavy atom. The van der Waals surface area contributed by atoms with Gasteiger partial charge < -0.3 is 5.11 Å². The van der Waals surface area contributed by atoms with Crippen molar-refractivity contribution >= 4 is 16.9 Å². The Bertz CT molecular complexity index is 603. The lowest BCUT2D eigenvalue weighted by molar-refractivity contribution is -0.136. The highest BCUT2D eigenvalue weighted by Gasteiger charge is 2.09. The second kappa shape index (κ2) is 4.17. The van der Waals surface area contributed by atoms with Crippen molar-refractivity contribution < 1.29 is 9.90 Å². The largest absolute Gasteiger partial charge is 0.481 e. The van der Waals surface area contributed by atoms with Gasteiger partial charge in [0.2, 0.25) is 0 Å². The Morgan fingerprint density at radius 1 is 1.18 bits per heavy atom. The minimum atomic E-state index is -0.846. The predicted molar refractivity (Wildman–Crippen MR) is 67.3 cm³/mol. The van der Waals surface area contributed by atoms with Gasteiger partial charge in [-0.2, -0.15) is 0 Å². The average molecular weight is 229 g/mol. The lowest BCUT2D eigenvalue weighted by atomic mass is 10.0. The van der Waals surface area contributed by atoms with Crippen molar-refractivity contribution in [3.05, 3.63) is 40.6 Å². The highest BCUT2D eigenvalue weighted by Crippen LogP contribution is 2.24. The van der Waals surface area contributed by atoms with Gasteiger partial charge in [-0.1, -0.05) is 12.1 Å². The van der Waals surface area contributed by atoms with Crippen molar-refractivity contribution in [2.45, 2.75) is 27.2 Å². The molecule has 17 heavy (non-hydrogen) atoms. The molecule has 1 heterocycles. The number of carboxylic acids is 1. The van der Waals surface area contributed by atoms with Gasteiger partial charge in [-0.25, -0.2) is 0 Å². The SMILES string of the molecule is Cc1ccc(C)c2c(C)cc(CC(=O)O)nc12. The van der Waals surface area contributed by atoms with Crippen molar-refractivity contribution in [3.63, 3.8) is 0 Å². The van der Waals surface area contributed by atoms with Crippen LogP contribution in [0, 0.1) is 20.8 Å². The van der Waals surface area contributed by atoms with Crippen LogP contribution in [0.3, 0.4) is 0 Å². The van der Waals surface area contributed by atoms with Crippen LogP contribution in [-0.2, 0) is 11.2 Å². The van der Waals surface area contributed by atoms with Crippen LogP contribution in [0.5, 0.6) is 0 Å². The van der Waals surface area contributed by atoms with Crippen molar-refractivity contribution in [1.82, 2.24) is 4.98 Å². The van der Waals surface area contributed by atoms with Gasteiger partial charge in [0.05, 0.1) is 17.6 Å². The monoisotopic (exact) mass is 229 g/mol. The third-order valence-corrected chi connectivity index (χ3v) is 2.95. The molecule has 3 nitrogen and oxygen atoms in total. The number of rotatable bonds is 2. The molecule has 0 atom stereocenters. The van der Waals surface area contributed by atoms with Crippen LogP contribution in [0.15, 0.2) is 18.2 Å². The maximum atomic E-state index is 10.7. The van der Waals surface area contributed by atoms with Crippen LogP contribution in [0.1, 0.15) is 22.4 Å². The third kappa shape index (κ3) is 2.13. The molecule has 0 amide bonds. The highest BCUT2D eigenvalue weighted by atomic mass is 16.4. The fraction of sp³-hybridized carbons (Fsp3) is 0.286. The second-order valence-corrected chi connectivity index (χ2v) is 4.42. The zero-order chi connectivity index (χ0) is 12.6. The molecule has 0 unspecified atom stereocenters. The van der Waals surface area contributed by atoms with Gasteiger partial charge in [0.15, 0.2) is 0 Å². The zero-order valence-electron chi connectivity index (χ0n) is 10.2. The maximum absolute atomic E-state index is 10.7. The van der Waals surface area contributed by atoms with Gasteiger partial charge >= 0.3 is 5.97 Å². The molecular weight excluding hydrogens is 214 g/mol. The fourth-order valence-electron chi connectivity index (χ4n) is 2.18. The van der Waals surface area contributed by atoms with Crippen molar-refractivity contribution in [1.29, 1.82) is 0 Å². The molecule has 2 rings (SSSR count). The molecule has 0 aliphatic rings. The van der Waals surface area contributed by atoms with Crippen LogP contribution in [-0.4, -0.2) is 16.1 Å². The van der Waals surface area contributed by atoms with Gasteiger partial charge in [-0.3, -0.25) is 9.78 Å². The summed E-state index contributed by atoms with van der Waals surface area (Å²) in [5.41, 5.74) is 4.89. The molecule has 1 N–H and O–H groups in total. The number of carbonyl (C=O) groups is 1. The van der Waals surface area contributed by atoms with Gasteiger partial charge in [0.25, 0.3) is 0 Å². The Morgan fingerprint density at radius 3 is 2.47 bits per heavy atom. The number of benzene rings is 1. The Kier molecular flexibility index (Phi) is 2.84. The summed E-state index contributed by atoms with van der Waals surface area (Å²) >= 11 is 0. The fourth-order valence-corrected chi connectivity index (χ4v) is 2.18. The molecule has 0 fully saturated rings. The number of carboxylic acid groups (broad SMARTS) is 1. The van der Waals surface area contributed by atoms with E-state index >= 15 is 0 Å². The Labute approximate surface area is 100 Å². The summed E-state index contributed by atoms with van der Waals surface area (Å²) in [7, 11) is 0. The topological polar surface area (TPSA) is 50.2 Å². The van der Waals surface area contributed by atoms with Crippen LogP contribution in [0.25, 0.3) is 10.9 Å². The van der Waals surface area contributed by atoms with Gasteiger partial charge in [-0.15, -0.1) is 0 Å². The first-order valence-corrected chi connectivity index (χ1v) is 5.57. The number of aromatic nitrogens is 1. The molecule has 1 aromatic carbocycles. The number of hydrogen-bond donors (Lipinski definition) is 1. The maximum Gasteiger partial charge on any atom is 0.309 e. The summed E-state index contributed by atoms with van der Waals surface area (Å²) in [6.07, 6.45) is -0.0236. The normalized spacial score (nSPS) is 10.8. The van der Waals surface area contributed by atoms with Crippen LogP contribution >= 0.6 is 0 Å². The molecule has 1 aromatic heterocycles. The molecule has 0 saturated carbocycles. The molecule has 0 spiro atoms. The van der Waals surface area contributed by atoms with E-state index in [4.69, 9.17) is 5.11 Å². The number of nitrogens with zero attached hydrogens (tertiary/aromatic N) is 1. The third-order valence-electron chi connectivity index (χ3n) is 2.95. The van der Waals surface area contributed by atoms with Crippen molar-refractivity contribution in [3.8, 4) is 0 Å². The van der Waals surface area contributed by atoms with Crippen LogP contribution in [0.4, 0.5) is 0 Å². The van der Waals surface area contributed by atoms with E-state index in [-0.39, 0.29) is 6.42 Å². The molecule has 0 aliphatic carbocycles. The van der Waals surface area contributed by atoms with E-state index in [1.54, 1.807) is 0 Å². The first-order valence-electron chi connectivity index (χ1n) is 5.57. The Hall–Kier alpha value is -1.90. The molecule has 88 valence electrons. The summed E-state index contributed by atoms with van der Waals surface area (Å²) < 4.78 is 0. The van der Waals surface area contributed by atoms with Crippen molar-refractivity contribution in [2.24, 2.45) is 0 Å². The summed E-state index contributed by atoms with van der Waals surface area (Å²) in [5.74, 6) is -0.846. The van der Waals surface area contributed by atoms with Gasteiger partial charge in [0, 0.05) is 5.39 Å². The van der Waals surface area contributed by atoms with Crippen LogP contribution in [0.2, 0.25) is 0 Å². The minimum Gasteiger partial charge on any atom is -0.481 e. The number of pyridine rings is 1. The van der Waals surface area contributed by atoms with Gasteiger partial charge in [-0.05, 0) is 43.5 Å². The van der Waals surface area contributed by atoms with E-state index in [0.29, 0.717) is 5.69 Å². The molecule has 0 bridgehead atoms. The van der Waals surface area contributed by atoms with Gasteiger partial charge in [0.1, 0.15) is 0 Å². The standard InChI is InChI=1S/C14H15NO2/c1-8-4-5-9(2)14-13(8)10(3)6-11(15-14)7-12(16)17/h4-6H,7H2,1-3H3,(H,16,17). The Balaban J connectivity index is 2.72. The van der Waals surface area contributed by atoms with E-state index in [0.717, 1.165) is 22.0 Å². The molecule has 3 heteroatoms. The lowest BCUT2D eigenvalue weighted by Gasteiger charge is -2.10. The summed E-state index contributed by atoms with van der Waals surface area (Å²) in [6, 6.07) is 5.96. The number of aliphatic carboxylic acids is 1. The molecule has 0 aliphatic heterocycles. The van der Waals surface area contributed by atoms with E-state index < -0.39 is 5.97 Å². The van der Waals surface area contributed by atoms with E-state index in [9.17, 15) is 4.79 Å². The smallest absolute Gasteiger partial charge is 0.309 e. The second-order valence-electron chi connectivity index (χ2n) is 4.42. The van der Waals surface area contributed by atoms with Crippen LogP contribution < -0.4 is 0 Å². The van der Waals surface area contributed by atoms with E-state index in [1.807, 2.05) is 32.9 Å². The average Bonchev–Trinajstić information content (AvgIpc) is 2.22. The van der Waals surface area contributed by atoms with E-state index in [2.05, 4.69) is 11.1 Å². The highest BCUT2D eigenvalue weighted by molar-refractivity contribution is 5.88. The molecular formula is C14H15NO2. The molecule has 2 aromatic rings. The molecule has 0 saturated heterocycles. The summed E-state index contributed by atoms with van der Waals surface area (Å²) in [4.78, 5) is 15.2. The summed E-state index contributed by atoms with van der Waals surface area (Å²) in [6.45, 7) is 6.05. The summed E-state index contributed by atoms with van der Waals surface area (Å²) in [5, 5.41) is 9.95. The first-order chi connectivity index (χ1) is 7.99. The zero-order valence-corrected chi connectivity index (χ0v) is 10.2. The number of fused-ring (bicyclic) bond motifs is 1. The number of aryl methyl sites for hydroxylation is 3. The quantitative estimate of drug-likeness (QED) is 0.861. The predicted octanol–water partition coefficient (Wildman–Crippen LogP) is 2.79. The minimum absolute atomic E-state index is 0.0236. The lowest BCUT2D eigenvalue weighted by Crippen LogP contribution is -2.04. The van der Waals surface area contributed by atoms with Crippen molar-refractivity contribution in [2.75, 3.05) is 0 Å². The van der Waals surface area contributed by atoms with E-state index in [1.165, 1.54) is 5.56 Å². The first kappa shape index (κ1) is 11.6. The molecule has 0 radical (unpaired) electrons. The number of hydrogen-bond acceptors (Lipinski definition) is 2.